The number of hydrogen-bond donors (Lipinski definition) is 1. The van der Waals surface area contributed by atoms with Crippen molar-refractivity contribution in [2.24, 2.45) is 5.92 Å². The Morgan fingerprint density at radius 3 is 2.46 bits per heavy atom. The van der Waals surface area contributed by atoms with Crippen molar-refractivity contribution < 1.29 is 14.3 Å². The quantitative estimate of drug-likeness (QED) is 0.844. The number of hydrogen-bond acceptors (Lipinski definition) is 4. The van der Waals surface area contributed by atoms with Crippen molar-refractivity contribution in [3.8, 4) is 0 Å². The lowest BCUT2D eigenvalue weighted by molar-refractivity contribution is 0.0599. The normalized spacial score (nSPS) is 14.8. The molecule has 1 unspecified atom stereocenters. The van der Waals surface area contributed by atoms with Crippen molar-refractivity contribution in [2.45, 2.75) is 18.9 Å². The van der Waals surface area contributed by atoms with Gasteiger partial charge in [-0.1, -0.05) is 23.7 Å². The van der Waals surface area contributed by atoms with Crippen LogP contribution in [0.5, 0.6) is 0 Å². The average molecular weight is 345 g/mol. The van der Waals surface area contributed by atoms with Gasteiger partial charge in [-0.15, -0.1) is 0 Å². The summed E-state index contributed by atoms with van der Waals surface area (Å²) < 4.78 is 4.62. The van der Waals surface area contributed by atoms with E-state index in [0.29, 0.717) is 16.5 Å². The topological polar surface area (TPSA) is 68.3 Å². The van der Waals surface area contributed by atoms with Crippen LogP contribution >= 0.6 is 11.6 Å². The summed E-state index contributed by atoms with van der Waals surface area (Å²) in [6.45, 7) is 0. The van der Waals surface area contributed by atoms with Gasteiger partial charge in [0.2, 0.25) is 0 Å². The zero-order chi connectivity index (χ0) is 17.1. The van der Waals surface area contributed by atoms with Crippen LogP contribution in [0, 0.1) is 5.92 Å². The van der Waals surface area contributed by atoms with E-state index >= 15 is 0 Å². The Kier molecular flexibility index (Phi) is 4.81. The van der Waals surface area contributed by atoms with E-state index in [4.69, 9.17) is 11.6 Å². The number of ether oxygens (including phenoxy) is 1. The molecule has 1 aromatic heterocycles. The number of methoxy groups -OCH3 is 1. The summed E-state index contributed by atoms with van der Waals surface area (Å²) in [5.41, 5.74) is 1.61. The van der Waals surface area contributed by atoms with Gasteiger partial charge >= 0.3 is 5.97 Å². The Balaban J connectivity index is 1.74. The van der Waals surface area contributed by atoms with Crippen LogP contribution in [-0.2, 0) is 4.74 Å². The van der Waals surface area contributed by atoms with Crippen molar-refractivity contribution in [1.29, 1.82) is 0 Å². The SMILES string of the molecule is COC(=O)c1ccc(C(=O)NC(c2ccc(Cl)cc2)C2CC2)nc1. The Bertz CT molecular complexity index is 740. The second-order valence-corrected chi connectivity index (χ2v) is 6.20. The number of rotatable bonds is 5. The standard InChI is InChI=1S/C18H17ClN2O3/c1-24-18(23)13-6-9-15(20-10-13)17(22)21-16(11-2-3-11)12-4-7-14(19)8-5-12/h4-11,16H,2-3H2,1H3,(H,21,22). The zero-order valence-electron chi connectivity index (χ0n) is 13.2. The lowest BCUT2D eigenvalue weighted by Crippen LogP contribution is -2.30. The van der Waals surface area contributed by atoms with Crippen molar-refractivity contribution in [2.75, 3.05) is 7.11 Å². The second kappa shape index (κ2) is 7.01. The van der Waals surface area contributed by atoms with Gasteiger partial charge in [-0.25, -0.2) is 4.79 Å². The molecule has 1 aromatic carbocycles. The number of carbonyl (C=O) groups is 2. The van der Waals surface area contributed by atoms with E-state index in [1.165, 1.54) is 25.4 Å². The van der Waals surface area contributed by atoms with E-state index in [0.717, 1.165) is 18.4 Å². The smallest absolute Gasteiger partial charge is 0.339 e. The van der Waals surface area contributed by atoms with Gasteiger partial charge in [0.25, 0.3) is 5.91 Å². The Hall–Kier alpha value is -2.40. The first-order valence-corrected chi connectivity index (χ1v) is 8.07. The lowest BCUT2D eigenvalue weighted by Gasteiger charge is -2.18. The molecule has 0 radical (unpaired) electrons. The molecule has 1 aliphatic rings. The summed E-state index contributed by atoms with van der Waals surface area (Å²) in [6.07, 6.45) is 3.51. The summed E-state index contributed by atoms with van der Waals surface area (Å²) in [5, 5.41) is 3.70. The predicted octanol–water partition coefficient (Wildman–Crippen LogP) is 3.40. The molecular formula is C18H17ClN2O3. The van der Waals surface area contributed by atoms with Crippen LogP contribution in [0.15, 0.2) is 42.6 Å². The highest BCUT2D eigenvalue weighted by molar-refractivity contribution is 6.30. The average Bonchev–Trinajstić information content (AvgIpc) is 3.45. The molecule has 6 heteroatoms. The van der Waals surface area contributed by atoms with E-state index < -0.39 is 5.97 Å². The van der Waals surface area contributed by atoms with Gasteiger partial charge < -0.3 is 10.1 Å². The van der Waals surface area contributed by atoms with Crippen LogP contribution in [0.2, 0.25) is 5.02 Å². The molecule has 2 aromatic rings. The molecule has 24 heavy (non-hydrogen) atoms. The molecule has 1 aliphatic carbocycles. The van der Waals surface area contributed by atoms with Crippen LogP contribution in [-0.4, -0.2) is 24.0 Å². The maximum atomic E-state index is 12.5. The van der Waals surface area contributed by atoms with Gasteiger partial charge in [0.15, 0.2) is 0 Å². The van der Waals surface area contributed by atoms with Gasteiger partial charge in [-0.3, -0.25) is 9.78 Å². The minimum absolute atomic E-state index is 0.0585. The summed E-state index contributed by atoms with van der Waals surface area (Å²) in [6, 6.07) is 10.5. The number of carbonyl (C=O) groups excluding carboxylic acids is 2. The summed E-state index contributed by atoms with van der Waals surface area (Å²) >= 11 is 5.93. The van der Waals surface area contributed by atoms with Crippen LogP contribution in [0.4, 0.5) is 0 Å². The van der Waals surface area contributed by atoms with Crippen molar-refractivity contribution in [3.63, 3.8) is 0 Å². The maximum Gasteiger partial charge on any atom is 0.339 e. The fourth-order valence-corrected chi connectivity index (χ4v) is 2.68. The number of halogens is 1. The monoisotopic (exact) mass is 344 g/mol. The van der Waals surface area contributed by atoms with Gasteiger partial charge in [-0.2, -0.15) is 0 Å². The molecule has 1 amide bonds. The van der Waals surface area contributed by atoms with E-state index in [-0.39, 0.29) is 17.6 Å². The van der Waals surface area contributed by atoms with E-state index in [9.17, 15) is 9.59 Å². The van der Waals surface area contributed by atoms with Gasteiger partial charge in [0.05, 0.1) is 18.7 Å². The molecule has 0 aliphatic heterocycles. The maximum absolute atomic E-state index is 12.5. The van der Waals surface area contributed by atoms with Crippen molar-refractivity contribution in [1.82, 2.24) is 10.3 Å². The van der Waals surface area contributed by atoms with Crippen molar-refractivity contribution >= 4 is 23.5 Å². The molecule has 1 saturated carbocycles. The molecule has 5 nitrogen and oxygen atoms in total. The second-order valence-electron chi connectivity index (χ2n) is 5.76. The molecule has 0 saturated heterocycles. The molecule has 1 N–H and O–H groups in total. The van der Waals surface area contributed by atoms with Gasteiger partial charge in [0.1, 0.15) is 5.69 Å². The largest absolute Gasteiger partial charge is 0.465 e. The first-order chi connectivity index (χ1) is 11.6. The number of esters is 1. The van der Waals surface area contributed by atoms with E-state index in [1.807, 2.05) is 24.3 Å². The fourth-order valence-electron chi connectivity index (χ4n) is 2.55. The van der Waals surface area contributed by atoms with Crippen LogP contribution in [0.1, 0.15) is 45.3 Å². The summed E-state index contributed by atoms with van der Waals surface area (Å²) in [7, 11) is 1.30. The van der Waals surface area contributed by atoms with E-state index in [2.05, 4.69) is 15.0 Å². The third-order valence-electron chi connectivity index (χ3n) is 4.03. The minimum atomic E-state index is -0.480. The number of nitrogens with one attached hydrogen (secondary N) is 1. The molecule has 1 fully saturated rings. The molecule has 0 bridgehead atoms. The highest BCUT2D eigenvalue weighted by Gasteiger charge is 2.33. The number of pyridine rings is 1. The van der Waals surface area contributed by atoms with Gasteiger partial charge in [-0.05, 0) is 48.6 Å². The van der Waals surface area contributed by atoms with E-state index in [1.54, 1.807) is 0 Å². The van der Waals surface area contributed by atoms with Crippen LogP contribution in [0.3, 0.4) is 0 Å². The Morgan fingerprint density at radius 1 is 1.21 bits per heavy atom. The first kappa shape index (κ1) is 16.5. The molecule has 3 rings (SSSR count). The highest BCUT2D eigenvalue weighted by atomic mass is 35.5. The number of amides is 1. The Morgan fingerprint density at radius 2 is 1.92 bits per heavy atom. The molecule has 1 heterocycles. The molecular weight excluding hydrogens is 328 g/mol. The Labute approximate surface area is 145 Å². The number of aromatic nitrogens is 1. The van der Waals surface area contributed by atoms with Crippen LogP contribution in [0.25, 0.3) is 0 Å². The third kappa shape index (κ3) is 3.74. The third-order valence-corrected chi connectivity index (χ3v) is 4.28. The predicted molar refractivity (Wildman–Crippen MR) is 90.0 cm³/mol. The van der Waals surface area contributed by atoms with Crippen molar-refractivity contribution in [3.05, 3.63) is 64.4 Å². The summed E-state index contributed by atoms with van der Waals surface area (Å²) in [4.78, 5) is 27.9. The van der Waals surface area contributed by atoms with Gasteiger partial charge in [0, 0.05) is 11.2 Å². The minimum Gasteiger partial charge on any atom is -0.465 e. The fraction of sp³-hybridized carbons (Fsp3) is 0.278. The number of benzene rings is 1. The highest BCUT2D eigenvalue weighted by Crippen LogP contribution is 2.41. The number of nitrogens with zero attached hydrogens (tertiary/aromatic N) is 1. The van der Waals surface area contributed by atoms with Crippen LogP contribution < -0.4 is 5.32 Å². The lowest BCUT2D eigenvalue weighted by atomic mass is 10.0. The first-order valence-electron chi connectivity index (χ1n) is 7.69. The molecule has 0 spiro atoms. The molecule has 124 valence electrons. The zero-order valence-corrected chi connectivity index (χ0v) is 13.9. The molecule has 1 atom stereocenters. The summed E-state index contributed by atoms with van der Waals surface area (Å²) in [5.74, 6) is -0.311.